The fourth-order valence-corrected chi connectivity index (χ4v) is 2.01. The third kappa shape index (κ3) is 3.25. The van der Waals surface area contributed by atoms with E-state index in [0.29, 0.717) is 11.4 Å². The van der Waals surface area contributed by atoms with E-state index in [-0.39, 0.29) is 0 Å². The first-order valence-electron chi connectivity index (χ1n) is 5.15. The highest BCUT2D eigenvalue weighted by molar-refractivity contribution is 7.98. The summed E-state index contributed by atoms with van der Waals surface area (Å²) in [5.41, 5.74) is 3.15. The van der Waals surface area contributed by atoms with Crippen molar-refractivity contribution in [3.05, 3.63) is 48.2 Å². The van der Waals surface area contributed by atoms with Gasteiger partial charge in [0.15, 0.2) is 0 Å². The maximum Gasteiger partial charge on any atom is 0.283 e. The van der Waals surface area contributed by atoms with Crippen molar-refractivity contribution in [2.45, 2.75) is 10.8 Å². The number of carbonyl (C=O) groups is 1. The Hall–Kier alpha value is -1.99. The van der Waals surface area contributed by atoms with Gasteiger partial charge in [-0.25, -0.2) is 20.8 Å². The van der Waals surface area contributed by atoms with Gasteiger partial charge in [-0.05, 0) is 18.2 Å². The molecule has 0 spiro atoms. The predicted molar refractivity (Wildman–Crippen MR) is 67.5 cm³/mol. The number of amides is 1. The second-order valence-corrected chi connectivity index (χ2v) is 4.32. The van der Waals surface area contributed by atoms with Crippen LogP contribution in [0.2, 0.25) is 0 Å². The molecule has 2 aromatic rings. The molecule has 0 aliphatic rings. The van der Waals surface area contributed by atoms with Gasteiger partial charge in [-0.3, -0.25) is 10.2 Å². The maximum absolute atomic E-state index is 11.3. The van der Waals surface area contributed by atoms with E-state index in [1.807, 2.05) is 12.1 Å². The first-order valence-corrected chi connectivity index (χ1v) is 6.14. The van der Waals surface area contributed by atoms with Crippen LogP contribution in [0.4, 0.5) is 0 Å². The van der Waals surface area contributed by atoms with Crippen LogP contribution in [0.1, 0.15) is 16.2 Å². The molecule has 0 unspecified atom stereocenters. The Labute approximate surface area is 108 Å². The van der Waals surface area contributed by atoms with E-state index in [9.17, 15) is 4.79 Å². The normalized spacial score (nSPS) is 10.1. The summed E-state index contributed by atoms with van der Waals surface area (Å²) in [6, 6.07) is 7.05. The third-order valence-electron chi connectivity index (χ3n) is 2.09. The van der Waals surface area contributed by atoms with E-state index in [0.717, 1.165) is 10.7 Å². The number of rotatable bonds is 4. The lowest BCUT2D eigenvalue weighted by molar-refractivity contribution is 0.0948. The minimum absolute atomic E-state index is 0.304. The molecule has 0 saturated heterocycles. The zero-order valence-electron chi connectivity index (χ0n) is 9.41. The monoisotopic (exact) mass is 261 g/mol. The summed E-state index contributed by atoms with van der Waals surface area (Å²) in [7, 11) is 0. The molecule has 92 valence electrons. The molecule has 18 heavy (non-hydrogen) atoms. The van der Waals surface area contributed by atoms with Crippen LogP contribution >= 0.6 is 11.8 Å². The largest absolute Gasteiger partial charge is 0.289 e. The summed E-state index contributed by atoms with van der Waals surface area (Å²) < 4.78 is 0. The highest BCUT2D eigenvalue weighted by atomic mass is 32.2. The zero-order valence-corrected chi connectivity index (χ0v) is 10.2. The molecule has 0 radical (unpaired) electrons. The Morgan fingerprint density at radius 3 is 3.00 bits per heavy atom. The Balaban J connectivity index is 2.04. The van der Waals surface area contributed by atoms with Gasteiger partial charge in [0.05, 0.1) is 10.7 Å². The summed E-state index contributed by atoms with van der Waals surface area (Å²) in [6.07, 6.45) is 3.18. The first kappa shape index (κ1) is 12.5. The van der Waals surface area contributed by atoms with Crippen LogP contribution in [0.15, 0.2) is 41.8 Å². The number of hydrazine groups is 1. The number of hydrogen-bond acceptors (Lipinski definition) is 6. The van der Waals surface area contributed by atoms with Gasteiger partial charge in [0.1, 0.15) is 12.0 Å². The average Bonchev–Trinajstić information content (AvgIpc) is 2.45. The highest BCUT2D eigenvalue weighted by Gasteiger charge is 2.06. The molecule has 0 atom stereocenters. The van der Waals surface area contributed by atoms with Crippen molar-refractivity contribution in [2.24, 2.45) is 5.84 Å². The summed E-state index contributed by atoms with van der Waals surface area (Å²) in [5, 5.41) is 0.862. The topological polar surface area (TPSA) is 93.8 Å². The van der Waals surface area contributed by atoms with Crippen LogP contribution in [0.5, 0.6) is 0 Å². The van der Waals surface area contributed by atoms with Crippen molar-refractivity contribution in [3.63, 3.8) is 0 Å². The summed E-state index contributed by atoms with van der Waals surface area (Å²) in [6.45, 7) is 0. The number of nitrogens with two attached hydrogens (primary N) is 1. The quantitative estimate of drug-likeness (QED) is 0.277. The number of nitrogen functional groups attached to an aromatic ring is 1. The Kier molecular flexibility index (Phi) is 4.21. The number of thioether (sulfide) groups is 1. The van der Waals surface area contributed by atoms with Crippen molar-refractivity contribution in [1.29, 1.82) is 0 Å². The van der Waals surface area contributed by atoms with Crippen molar-refractivity contribution in [1.82, 2.24) is 20.4 Å². The Bertz CT molecular complexity index is 534. The lowest BCUT2D eigenvalue weighted by Crippen LogP contribution is -2.30. The van der Waals surface area contributed by atoms with Gasteiger partial charge < -0.3 is 0 Å². The SMILES string of the molecule is NNC(=O)c1cccc(CSc2ccncn2)n1. The lowest BCUT2D eigenvalue weighted by Gasteiger charge is -2.03. The van der Waals surface area contributed by atoms with Gasteiger partial charge in [-0.2, -0.15) is 0 Å². The lowest BCUT2D eigenvalue weighted by atomic mass is 10.3. The molecule has 0 aromatic carbocycles. The second kappa shape index (κ2) is 6.08. The molecule has 7 heteroatoms. The summed E-state index contributed by atoms with van der Waals surface area (Å²) in [5.74, 6) is 5.29. The fraction of sp³-hybridized carbons (Fsp3) is 0.0909. The van der Waals surface area contributed by atoms with Gasteiger partial charge in [0, 0.05) is 11.9 Å². The number of aromatic nitrogens is 3. The number of nitrogens with one attached hydrogen (secondary N) is 1. The third-order valence-corrected chi connectivity index (χ3v) is 3.07. The fourth-order valence-electron chi connectivity index (χ4n) is 1.27. The molecule has 0 aliphatic heterocycles. The Morgan fingerprint density at radius 1 is 1.39 bits per heavy atom. The van der Waals surface area contributed by atoms with E-state index < -0.39 is 5.91 Å². The number of hydrogen-bond donors (Lipinski definition) is 2. The molecule has 2 aromatic heterocycles. The average molecular weight is 261 g/mol. The van der Waals surface area contributed by atoms with E-state index >= 15 is 0 Å². The Morgan fingerprint density at radius 2 is 2.28 bits per heavy atom. The summed E-state index contributed by atoms with van der Waals surface area (Å²) in [4.78, 5) is 23.5. The molecule has 2 heterocycles. The van der Waals surface area contributed by atoms with Gasteiger partial charge in [-0.1, -0.05) is 17.8 Å². The van der Waals surface area contributed by atoms with Crippen LogP contribution in [0, 0.1) is 0 Å². The molecular formula is C11H11N5OS. The van der Waals surface area contributed by atoms with Crippen LogP contribution in [0.3, 0.4) is 0 Å². The van der Waals surface area contributed by atoms with Crippen molar-refractivity contribution in [2.75, 3.05) is 0 Å². The molecule has 2 rings (SSSR count). The van der Waals surface area contributed by atoms with Crippen LogP contribution < -0.4 is 11.3 Å². The molecule has 0 bridgehead atoms. The van der Waals surface area contributed by atoms with Crippen molar-refractivity contribution in [3.8, 4) is 0 Å². The standard InChI is InChI=1S/C11H11N5OS/c12-16-11(17)9-3-1-2-8(15-9)6-18-10-4-5-13-7-14-10/h1-5,7H,6,12H2,(H,16,17). The first-order chi connectivity index (χ1) is 8.79. The van der Waals surface area contributed by atoms with Gasteiger partial charge in [0.2, 0.25) is 0 Å². The summed E-state index contributed by atoms with van der Waals surface area (Å²) >= 11 is 1.52. The maximum atomic E-state index is 11.3. The highest BCUT2D eigenvalue weighted by Crippen LogP contribution is 2.18. The van der Waals surface area contributed by atoms with Crippen LogP contribution in [-0.4, -0.2) is 20.9 Å². The molecule has 0 fully saturated rings. The van der Waals surface area contributed by atoms with E-state index in [4.69, 9.17) is 5.84 Å². The number of carbonyl (C=O) groups excluding carboxylic acids is 1. The molecular weight excluding hydrogens is 250 g/mol. The minimum atomic E-state index is -0.399. The van der Waals surface area contributed by atoms with Crippen molar-refractivity contribution >= 4 is 17.7 Å². The molecule has 3 N–H and O–H groups in total. The van der Waals surface area contributed by atoms with E-state index in [2.05, 4.69) is 20.4 Å². The van der Waals surface area contributed by atoms with Gasteiger partial charge in [0.25, 0.3) is 5.91 Å². The van der Waals surface area contributed by atoms with E-state index in [1.165, 1.54) is 18.1 Å². The number of nitrogens with zero attached hydrogens (tertiary/aromatic N) is 3. The zero-order chi connectivity index (χ0) is 12.8. The molecule has 1 amide bonds. The van der Waals surface area contributed by atoms with Gasteiger partial charge in [-0.15, -0.1) is 0 Å². The predicted octanol–water partition coefficient (Wildman–Crippen LogP) is 0.767. The van der Waals surface area contributed by atoms with Crippen LogP contribution in [0.25, 0.3) is 0 Å². The van der Waals surface area contributed by atoms with E-state index in [1.54, 1.807) is 18.3 Å². The molecule has 6 nitrogen and oxygen atoms in total. The van der Waals surface area contributed by atoms with Gasteiger partial charge >= 0.3 is 0 Å². The van der Waals surface area contributed by atoms with Crippen LogP contribution in [-0.2, 0) is 5.75 Å². The molecule has 0 aliphatic carbocycles. The minimum Gasteiger partial charge on any atom is -0.289 e. The number of pyridine rings is 1. The smallest absolute Gasteiger partial charge is 0.283 e. The van der Waals surface area contributed by atoms with Crippen molar-refractivity contribution < 1.29 is 4.79 Å². The second-order valence-electron chi connectivity index (χ2n) is 3.32. The molecule has 0 saturated carbocycles.